The maximum absolute atomic E-state index is 11.4. The molecule has 3 amide bonds. The van der Waals surface area contributed by atoms with E-state index in [9.17, 15) is 14.4 Å². The van der Waals surface area contributed by atoms with Crippen LogP contribution in [-0.2, 0) is 14.3 Å². The van der Waals surface area contributed by atoms with E-state index in [2.05, 4.69) is 43.4 Å². The lowest BCUT2D eigenvalue weighted by atomic mass is 10.0. The van der Waals surface area contributed by atoms with Gasteiger partial charge in [0.2, 0.25) is 11.8 Å². The number of rotatable bonds is 2. The van der Waals surface area contributed by atoms with Crippen LogP contribution < -0.4 is 5.32 Å². The summed E-state index contributed by atoms with van der Waals surface area (Å²) in [5.74, 6) is -0.0230. The van der Waals surface area contributed by atoms with Crippen LogP contribution in [0.1, 0.15) is 38.2 Å². The second-order valence-electron chi connectivity index (χ2n) is 5.84. The van der Waals surface area contributed by atoms with Crippen molar-refractivity contribution < 1.29 is 19.1 Å². The summed E-state index contributed by atoms with van der Waals surface area (Å²) < 4.78 is 4.72. The number of carbonyl (C=O) groups is 3. The van der Waals surface area contributed by atoms with Gasteiger partial charge in [-0.05, 0) is 17.9 Å². The number of benzene rings is 1. The summed E-state index contributed by atoms with van der Waals surface area (Å²) in [6, 6.07) is 9.98. The van der Waals surface area contributed by atoms with Crippen LogP contribution >= 0.6 is 0 Å². The molecule has 6 nitrogen and oxygen atoms in total. The zero-order chi connectivity index (χ0) is 16.8. The van der Waals surface area contributed by atoms with Gasteiger partial charge in [0, 0.05) is 6.42 Å². The quantitative estimate of drug-likeness (QED) is 0.847. The average Bonchev–Trinajstić information content (AvgIpc) is 2.95. The van der Waals surface area contributed by atoms with Gasteiger partial charge in [0.15, 0.2) is 0 Å². The molecule has 2 fully saturated rings. The number of cyclic esters (lactones) is 1. The molecule has 2 aliphatic rings. The lowest BCUT2D eigenvalue weighted by Crippen LogP contribution is -2.52. The Labute approximate surface area is 135 Å². The standard InChI is InChI=1S/C9H12.C8H10N2O4/c1-8(2)9-6-4-3-5-7-9;11-6-2-1-5(7(12)9-6)10-3-4-14-8(10)13/h3-8H,1-2H3;5H,1-4H2,(H,9,11,12). The Morgan fingerprint density at radius 2 is 1.87 bits per heavy atom. The summed E-state index contributed by atoms with van der Waals surface area (Å²) in [4.78, 5) is 34.7. The van der Waals surface area contributed by atoms with E-state index in [0.29, 0.717) is 25.5 Å². The Hall–Kier alpha value is -2.37. The van der Waals surface area contributed by atoms with Gasteiger partial charge in [-0.2, -0.15) is 0 Å². The minimum absolute atomic E-state index is 0.278. The van der Waals surface area contributed by atoms with Crippen molar-refractivity contribution in [3.63, 3.8) is 0 Å². The largest absolute Gasteiger partial charge is 0.448 e. The van der Waals surface area contributed by atoms with E-state index in [1.165, 1.54) is 10.5 Å². The fourth-order valence-corrected chi connectivity index (χ4v) is 2.51. The molecule has 1 N–H and O–H groups in total. The molecule has 2 heterocycles. The number of carbonyl (C=O) groups excluding carboxylic acids is 3. The topological polar surface area (TPSA) is 75.7 Å². The molecule has 0 saturated carbocycles. The van der Waals surface area contributed by atoms with Gasteiger partial charge in [0.05, 0.1) is 6.54 Å². The van der Waals surface area contributed by atoms with E-state index < -0.39 is 18.0 Å². The third kappa shape index (κ3) is 4.55. The van der Waals surface area contributed by atoms with Crippen molar-refractivity contribution in [3.05, 3.63) is 35.9 Å². The van der Waals surface area contributed by atoms with E-state index in [1.807, 2.05) is 6.07 Å². The molecule has 0 spiro atoms. The molecule has 23 heavy (non-hydrogen) atoms. The SMILES string of the molecule is CC(C)c1ccccc1.O=C1CCC(N2CCOC2=O)C(=O)N1. The smallest absolute Gasteiger partial charge is 0.410 e. The van der Waals surface area contributed by atoms with Crippen molar-refractivity contribution >= 4 is 17.9 Å². The minimum Gasteiger partial charge on any atom is -0.448 e. The number of piperidine rings is 1. The molecule has 0 aromatic heterocycles. The number of amides is 3. The fraction of sp³-hybridized carbons (Fsp3) is 0.471. The molecule has 0 aliphatic carbocycles. The average molecular weight is 318 g/mol. The van der Waals surface area contributed by atoms with Crippen LogP contribution in [0.5, 0.6) is 0 Å². The van der Waals surface area contributed by atoms with Crippen molar-refractivity contribution in [1.29, 1.82) is 0 Å². The predicted molar refractivity (Wildman–Crippen MR) is 84.8 cm³/mol. The molecular formula is C17H22N2O4. The number of ether oxygens (including phenoxy) is 1. The number of nitrogens with zero attached hydrogens (tertiary/aromatic N) is 1. The molecule has 1 atom stereocenters. The first-order chi connectivity index (χ1) is 11.0. The van der Waals surface area contributed by atoms with Crippen LogP contribution in [0.15, 0.2) is 30.3 Å². The molecule has 0 bridgehead atoms. The van der Waals surface area contributed by atoms with Crippen LogP contribution in [0.25, 0.3) is 0 Å². The van der Waals surface area contributed by atoms with Crippen LogP contribution in [0, 0.1) is 0 Å². The molecular weight excluding hydrogens is 296 g/mol. The first kappa shape index (κ1) is 17.0. The summed E-state index contributed by atoms with van der Waals surface area (Å²) >= 11 is 0. The summed E-state index contributed by atoms with van der Waals surface area (Å²) in [7, 11) is 0. The van der Waals surface area contributed by atoms with Gasteiger partial charge in [-0.15, -0.1) is 0 Å². The summed E-state index contributed by atoms with van der Waals surface area (Å²) in [6.45, 7) is 5.15. The van der Waals surface area contributed by atoms with Crippen LogP contribution in [0.3, 0.4) is 0 Å². The highest BCUT2D eigenvalue weighted by Crippen LogP contribution is 2.16. The third-order valence-corrected chi connectivity index (χ3v) is 3.84. The normalized spacial score (nSPS) is 20.7. The third-order valence-electron chi connectivity index (χ3n) is 3.84. The molecule has 1 aromatic carbocycles. The van der Waals surface area contributed by atoms with Gasteiger partial charge in [-0.1, -0.05) is 44.2 Å². The maximum Gasteiger partial charge on any atom is 0.410 e. The Morgan fingerprint density at radius 3 is 2.35 bits per heavy atom. The highest BCUT2D eigenvalue weighted by molar-refractivity contribution is 6.01. The van der Waals surface area contributed by atoms with Gasteiger partial charge >= 0.3 is 6.09 Å². The van der Waals surface area contributed by atoms with Gasteiger partial charge in [0.25, 0.3) is 0 Å². The Balaban J connectivity index is 0.000000185. The first-order valence-electron chi connectivity index (χ1n) is 7.81. The van der Waals surface area contributed by atoms with E-state index in [1.54, 1.807) is 0 Å². The number of hydrogen-bond acceptors (Lipinski definition) is 4. The van der Waals surface area contributed by atoms with Crippen molar-refractivity contribution in [2.24, 2.45) is 0 Å². The Morgan fingerprint density at radius 1 is 1.17 bits per heavy atom. The minimum atomic E-state index is -0.539. The lowest BCUT2D eigenvalue weighted by molar-refractivity contribution is -0.136. The van der Waals surface area contributed by atoms with Crippen molar-refractivity contribution in [1.82, 2.24) is 10.2 Å². The maximum atomic E-state index is 11.4. The van der Waals surface area contributed by atoms with Crippen molar-refractivity contribution in [2.75, 3.05) is 13.2 Å². The zero-order valence-electron chi connectivity index (χ0n) is 13.5. The van der Waals surface area contributed by atoms with Gasteiger partial charge in [-0.3, -0.25) is 19.8 Å². The van der Waals surface area contributed by atoms with E-state index in [-0.39, 0.29) is 12.3 Å². The molecule has 1 aromatic rings. The number of hydrogen-bond donors (Lipinski definition) is 1. The summed E-state index contributed by atoms with van der Waals surface area (Å²) in [5, 5.41) is 2.20. The highest BCUT2D eigenvalue weighted by Gasteiger charge is 2.37. The van der Waals surface area contributed by atoms with E-state index >= 15 is 0 Å². The second-order valence-corrected chi connectivity index (χ2v) is 5.84. The number of nitrogens with one attached hydrogen (secondary N) is 1. The highest BCUT2D eigenvalue weighted by atomic mass is 16.6. The molecule has 1 unspecified atom stereocenters. The Bertz CT molecular complexity index is 571. The van der Waals surface area contributed by atoms with Gasteiger partial charge in [0.1, 0.15) is 12.6 Å². The molecule has 2 saturated heterocycles. The monoisotopic (exact) mass is 318 g/mol. The molecule has 3 rings (SSSR count). The molecule has 2 aliphatic heterocycles. The van der Waals surface area contributed by atoms with E-state index in [0.717, 1.165) is 0 Å². The molecule has 6 heteroatoms. The number of imide groups is 1. The van der Waals surface area contributed by atoms with Crippen molar-refractivity contribution in [2.45, 2.75) is 38.6 Å². The van der Waals surface area contributed by atoms with Crippen LogP contribution in [0.4, 0.5) is 4.79 Å². The summed E-state index contributed by atoms with van der Waals surface area (Å²) in [5.41, 5.74) is 1.41. The fourth-order valence-electron chi connectivity index (χ4n) is 2.51. The zero-order valence-corrected chi connectivity index (χ0v) is 13.5. The predicted octanol–water partition coefficient (Wildman–Crippen LogP) is 2.05. The van der Waals surface area contributed by atoms with Crippen molar-refractivity contribution in [3.8, 4) is 0 Å². The Kier molecular flexibility index (Phi) is 5.73. The van der Waals surface area contributed by atoms with E-state index in [4.69, 9.17) is 4.74 Å². The second kappa shape index (κ2) is 7.76. The van der Waals surface area contributed by atoms with Crippen LogP contribution in [0.2, 0.25) is 0 Å². The van der Waals surface area contributed by atoms with Crippen LogP contribution in [-0.4, -0.2) is 42.0 Å². The molecule has 124 valence electrons. The van der Waals surface area contributed by atoms with Gasteiger partial charge < -0.3 is 4.74 Å². The lowest BCUT2D eigenvalue weighted by Gasteiger charge is -2.27. The molecule has 0 radical (unpaired) electrons. The summed E-state index contributed by atoms with van der Waals surface area (Å²) in [6.07, 6.45) is 0.194. The van der Waals surface area contributed by atoms with Gasteiger partial charge in [-0.25, -0.2) is 4.79 Å². The first-order valence-corrected chi connectivity index (χ1v) is 7.81.